The number of likely N-dealkylation sites (N-methyl/N-ethyl adjacent to an activating group) is 1. The molecule has 0 saturated heterocycles. The second kappa shape index (κ2) is 10.5. The van der Waals surface area contributed by atoms with Crippen molar-refractivity contribution >= 4 is 35.0 Å². The number of carbonyl (C=O) groups is 2. The predicted molar refractivity (Wildman–Crippen MR) is 117 cm³/mol. The summed E-state index contributed by atoms with van der Waals surface area (Å²) in [7, 11) is 0. The van der Waals surface area contributed by atoms with E-state index in [9.17, 15) is 9.59 Å². The fraction of sp³-hybridized carbons (Fsp3) is 0.476. The maximum Gasteiger partial charge on any atom is 0.227 e. The van der Waals surface area contributed by atoms with E-state index in [1.54, 1.807) is 22.9 Å². The molecule has 0 spiro atoms. The number of aromatic nitrogens is 2. The molecule has 0 fully saturated rings. The first-order valence-corrected chi connectivity index (χ1v) is 11.2. The van der Waals surface area contributed by atoms with Crippen LogP contribution in [0.4, 0.5) is 11.4 Å². The molecule has 1 aliphatic heterocycles. The molecule has 8 heteroatoms. The topological polar surface area (TPSA) is 70.5 Å². The molecule has 3 rings (SSSR count). The van der Waals surface area contributed by atoms with E-state index in [4.69, 9.17) is 0 Å². The van der Waals surface area contributed by atoms with Gasteiger partial charge in [-0.2, -0.15) is 5.10 Å². The number of anilines is 2. The van der Waals surface area contributed by atoms with Crippen LogP contribution < -0.4 is 10.2 Å². The van der Waals surface area contributed by atoms with Crippen LogP contribution in [0.1, 0.15) is 26.7 Å². The van der Waals surface area contributed by atoms with Crippen LogP contribution in [0.15, 0.2) is 41.6 Å². The van der Waals surface area contributed by atoms with Crippen molar-refractivity contribution in [3.8, 4) is 0 Å². The van der Waals surface area contributed by atoms with Crippen LogP contribution in [0.3, 0.4) is 0 Å². The Morgan fingerprint density at radius 1 is 1.21 bits per heavy atom. The Morgan fingerprint density at radius 3 is 2.79 bits per heavy atom. The molecular formula is C21H29N5O2S. The van der Waals surface area contributed by atoms with Crippen molar-refractivity contribution in [3.05, 3.63) is 36.7 Å². The van der Waals surface area contributed by atoms with Gasteiger partial charge in [-0.15, -0.1) is 11.8 Å². The van der Waals surface area contributed by atoms with Gasteiger partial charge in [0.25, 0.3) is 0 Å². The summed E-state index contributed by atoms with van der Waals surface area (Å²) in [6.45, 7) is 8.68. The number of amides is 2. The molecule has 2 amide bonds. The Labute approximate surface area is 176 Å². The summed E-state index contributed by atoms with van der Waals surface area (Å²) in [4.78, 5) is 30.2. The van der Waals surface area contributed by atoms with E-state index in [1.165, 1.54) is 0 Å². The van der Waals surface area contributed by atoms with Gasteiger partial charge in [-0.3, -0.25) is 14.3 Å². The fourth-order valence-corrected chi connectivity index (χ4v) is 4.34. The van der Waals surface area contributed by atoms with Crippen LogP contribution >= 0.6 is 11.8 Å². The molecule has 0 unspecified atom stereocenters. The van der Waals surface area contributed by atoms with Crippen molar-refractivity contribution in [1.29, 1.82) is 0 Å². The number of nitrogens with zero attached hydrogens (tertiary/aromatic N) is 4. The molecule has 1 N–H and O–H groups in total. The Bertz CT molecular complexity index is 834. The zero-order valence-electron chi connectivity index (χ0n) is 17.1. The van der Waals surface area contributed by atoms with Crippen LogP contribution in [-0.4, -0.2) is 58.4 Å². The molecule has 1 aromatic heterocycles. The number of carbonyl (C=O) groups excluding carboxylic acids is 2. The SMILES string of the molecule is CCN(CC)CCn1cc(NC(=O)CCC(=O)N2CCSc3ccccc32)cn1. The molecule has 0 aliphatic carbocycles. The first kappa shape index (κ1) is 21.4. The molecule has 2 heterocycles. The highest BCUT2D eigenvalue weighted by atomic mass is 32.2. The second-order valence-corrected chi connectivity index (χ2v) is 8.07. The van der Waals surface area contributed by atoms with Crippen molar-refractivity contribution in [2.45, 2.75) is 38.1 Å². The Morgan fingerprint density at radius 2 is 2.00 bits per heavy atom. The first-order chi connectivity index (χ1) is 14.1. The van der Waals surface area contributed by atoms with Gasteiger partial charge in [0, 0.05) is 42.8 Å². The van der Waals surface area contributed by atoms with Gasteiger partial charge in [-0.05, 0) is 25.2 Å². The number of fused-ring (bicyclic) bond motifs is 1. The van der Waals surface area contributed by atoms with Gasteiger partial charge in [0.2, 0.25) is 11.8 Å². The van der Waals surface area contributed by atoms with Gasteiger partial charge >= 0.3 is 0 Å². The monoisotopic (exact) mass is 415 g/mol. The molecule has 1 aromatic carbocycles. The molecule has 29 heavy (non-hydrogen) atoms. The van der Waals surface area contributed by atoms with Gasteiger partial charge in [-0.25, -0.2) is 0 Å². The van der Waals surface area contributed by atoms with E-state index < -0.39 is 0 Å². The lowest BCUT2D eigenvalue weighted by Gasteiger charge is -2.29. The average molecular weight is 416 g/mol. The quantitative estimate of drug-likeness (QED) is 0.682. The molecule has 0 saturated carbocycles. The first-order valence-electron chi connectivity index (χ1n) is 10.2. The number of rotatable bonds is 9. The van der Waals surface area contributed by atoms with Crippen LogP contribution in [0.5, 0.6) is 0 Å². The van der Waals surface area contributed by atoms with E-state index in [1.807, 2.05) is 35.1 Å². The Balaban J connectivity index is 1.46. The summed E-state index contributed by atoms with van der Waals surface area (Å²) in [6, 6.07) is 7.92. The van der Waals surface area contributed by atoms with Crippen LogP contribution in [-0.2, 0) is 16.1 Å². The van der Waals surface area contributed by atoms with Gasteiger partial charge in [0.05, 0.1) is 24.1 Å². The summed E-state index contributed by atoms with van der Waals surface area (Å²) < 4.78 is 1.83. The van der Waals surface area contributed by atoms with Gasteiger partial charge in [0.15, 0.2) is 0 Å². The zero-order chi connectivity index (χ0) is 20.6. The van der Waals surface area contributed by atoms with Crippen molar-refractivity contribution in [3.63, 3.8) is 0 Å². The zero-order valence-corrected chi connectivity index (χ0v) is 18.0. The summed E-state index contributed by atoms with van der Waals surface area (Å²) in [5, 5.41) is 7.15. The maximum absolute atomic E-state index is 12.6. The lowest BCUT2D eigenvalue weighted by Crippen LogP contribution is -2.35. The minimum atomic E-state index is -0.165. The summed E-state index contributed by atoms with van der Waals surface area (Å²) in [5.41, 5.74) is 1.62. The lowest BCUT2D eigenvalue weighted by molar-refractivity contribution is -0.122. The maximum atomic E-state index is 12.6. The van der Waals surface area contributed by atoms with Crippen molar-refractivity contribution in [1.82, 2.24) is 14.7 Å². The van der Waals surface area contributed by atoms with Crippen molar-refractivity contribution in [2.24, 2.45) is 0 Å². The van der Waals surface area contributed by atoms with E-state index in [0.29, 0.717) is 12.2 Å². The third kappa shape index (κ3) is 5.83. The highest BCUT2D eigenvalue weighted by molar-refractivity contribution is 7.99. The molecule has 0 atom stereocenters. The highest BCUT2D eigenvalue weighted by Crippen LogP contribution is 2.34. The summed E-state index contributed by atoms with van der Waals surface area (Å²) in [5.74, 6) is 0.700. The molecule has 7 nitrogen and oxygen atoms in total. The van der Waals surface area contributed by atoms with Crippen molar-refractivity contribution < 1.29 is 9.59 Å². The van der Waals surface area contributed by atoms with Crippen molar-refractivity contribution in [2.75, 3.05) is 42.1 Å². The largest absolute Gasteiger partial charge is 0.323 e. The normalized spacial score (nSPS) is 13.4. The summed E-state index contributed by atoms with van der Waals surface area (Å²) >= 11 is 1.76. The number of hydrogen-bond acceptors (Lipinski definition) is 5. The Hall–Kier alpha value is -2.32. The number of nitrogens with one attached hydrogen (secondary N) is 1. The number of para-hydroxylation sites is 1. The van der Waals surface area contributed by atoms with Gasteiger partial charge in [-0.1, -0.05) is 26.0 Å². The predicted octanol–water partition coefficient (Wildman–Crippen LogP) is 3.08. The molecular weight excluding hydrogens is 386 g/mol. The van der Waals surface area contributed by atoms with Crippen LogP contribution in [0.25, 0.3) is 0 Å². The third-order valence-electron chi connectivity index (χ3n) is 5.05. The van der Waals surface area contributed by atoms with E-state index in [-0.39, 0.29) is 24.7 Å². The molecule has 2 aromatic rings. The Kier molecular flexibility index (Phi) is 7.71. The fourth-order valence-electron chi connectivity index (χ4n) is 3.34. The van der Waals surface area contributed by atoms with E-state index in [2.05, 4.69) is 29.2 Å². The van der Waals surface area contributed by atoms with E-state index in [0.717, 1.165) is 42.5 Å². The number of thioether (sulfide) groups is 1. The number of benzene rings is 1. The third-order valence-corrected chi connectivity index (χ3v) is 6.10. The minimum Gasteiger partial charge on any atom is -0.323 e. The minimum absolute atomic E-state index is 0.0113. The van der Waals surface area contributed by atoms with Gasteiger partial charge in [0.1, 0.15) is 0 Å². The highest BCUT2D eigenvalue weighted by Gasteiger charge is 2.22. The molecule has 1 aliphatic rings. The number of hydrogen-bond donors (Lipinski definition) is 1. The lowest BCUT2D eigenvalue weighted by atomic mass is 10.2. The van der Waals surface area contributed by atoms with Crippen LogP contribution in [0.2, 0.25) is 0 Å². The second-order valence-electron chi connectivity index (χ2n) is 6.93. The standard InChI is InChI=1S/C21H29N5O2S/c1-3-24(4-2)11-12-25-16-17(15-22-25)23-20(27)9-10-21(28)26-13-14-29-19-8-6-5-7-18(19)26/h5-8,15-16H,3-4,9-14H2,1-2H3,(H,23,27). The van der Waals surface area contributed by atoms with Gasteiger partial charge < -0.3 is 15.1 Å². The van der Waals surface area contributed by atoms with E-state index >= 15 is 0 Å². The van der Waals surface area contributed by atoms with Crippen LogP contribution in [0, 0.1) is 0 Å². The molecule has 0 radical (unpaired) electrons. The molecule has 0 bridgehead atoms. The average Bonchev–Trinajstić information content (AvgIpc) is 3.19. The smallest absolute Gasteiger partial charge is 0.227 e. The summed E-state index contributed by atoms with van der Waals surface area (Å²) in [6.07, 6.45) is 3.84. The molecule has 156 valence electrons.